The van der Waals surface area contributed by atoms with E-state index in [-0.39, 0.29) is 17.3 Å². The second-order valence-electron chi connectivity index (χ2n) is 11.0. The van der Waals surface area contributed by atoms with Crippen molar-refractivity contribution in [2.75, 3.05) is 0 Å². The average molecular weight is 459 g/mol. The van der Waals surface area contributed by atoms with Gasteiger partial charge in [0, 0.05) is 21.5 Å². The van der Waals surface area contributed by atoms with Gasteiger partial charge in [0.15, 0.2) is 18.2 Å². The highest BCUT2D eigenvalue weighted by Gasteiger charge is 2.78. The van der Waals surface area contributed by atoms with E-state index in [0.717, 1.165) is 24.8 Å². The van der Waals surface area contributed by atoms with E-state index in [1.807, 2.05) is 19.9 Å². The van der Waals surface area contributed by atoms with E-state index < -0.39 is 40.0 Å². The molecule has 3 saturated carbocycles. The summed E-state index contributed by atoms with van der Waals surface area (Å²) in [5.74, 6) is -0.709. The maximum absolute atomic E-state index is 13.2. The average Bonchev–Trinajstić information content (AvgIpc) is 3.21. The Morgan fingerprint density at radius 3 is 2.84 bits per heavy atom. The highest BCUT2D eigenvalue weighted by atomic mass is 32.1. The van der Waals surface area contributed by atoms with Crippen LogP contribution in [0.4, 0.5) is 0 Å². The summed E-state index contributed by atoms with van der Waals surface area (Å²) in [6.07, 6.45) is 9.22. The summed E-state index contributed by atoms with van der Waals surface area (Å²) in [6.45, 7) is 10.3. The molecule has 1 saturated heterocycles. The second kappa shape index (κ2) is 7.14. The van der Waals surface area contributed by atoms with Crippen LogP contribution in [0.1, 0.15) is 59.3 Å². The molecule has 0 spiro atoms. The third-order valence-electron chi connectivity index (χ3n) is 9.45. The van der Waals surface area contributed by atoms with Crippen LogP contribution in [0, 0.1) is 22.7 Å². The number of carbonyl (C=O) groups is 2. The highest BCUT2D eigenvalue weighted by molar-refractivity contribution is 7.81. The van der Waals surface area contributed by atoms with E-state index in [2.05, 4.69) is 25.7 Å². The number of ether oxygens (including phenoxy) is 2. The molecule has 1 N–H and O–H groups in total. The Hall–Kier alpha value is -1.21. The Morgan fingerprint density at radius 1 is 1.41 bits per heavy atom. The maximum atomic E-state index is 13.2. The first kappa shape index (κ1) is 22.6. The Bertz CT molecular complexity index is 941. The number of aliphatic hydroxyl groups excluding tert-OH is 1. The number of allylic oxidation sites excluding steroid dienone is 5. The van der Waals surface area contributed by atoms with Gasteiger partial charge < -0.3 is 14.6 Å². The molecule has 0 aromatic heterocycles. The van der Waals surface area contributed by atoms with E-state index in [9.17, 15) is 14.7 Å². The number of aliphatic hydroxyl groups is 1. The van der Waals surface area contributed by atoms with Gasteiger partial charge in [0.2, 0.25) is 5.78 Å². The Kier molecular flexibility index (Phi) is 5.04. The molecule has 1 aliphatic heterocycles. The number of carbonyl (C=O) groups excluding carboxylic acids is 2. The van der Waals surface area contributed by atoms with Gasteiger partial charge in [0.25, 0.3) is 0 Å². The topological polar surface area (TPSA) is 72.8 Å². The maximum Gasteiger partial charge on any atom is 0.230 e. The van der Waals surface area contributed by atoms with Crippen molar-refractivity contribution in [1.82, 2.24) is 0 Å². The molecule has 1 heterocycles. The fraction of sp³-hybridized carbons (Fsp3) is 0.692. The molecule has 0 amide bonds. The van der Waals surface area contributed by atoms with Crippen molar-refractivity contribution in [3.05, 3.63) is 36.0 Å². The minimum Gasteiger partial charge on any atom is -0.393 e. The molecule has 4 aliphatic carbocycles. The zero-order valence-electron chi connectivity index (χ0n) is 19.2. The van der Waals surface area contributed by atoms with Gasteiger partial charge in [-0.25, -0.2) is 0 Å². The number of fused-ring (bicyclic) bond motifs is 7. The van der Waals surface area contributed by atoms with Gasteiger partial charge in [0.1, 0.15) is 0 Å². The fourth-order valence-electron chi connectivity index (χ4n) is 8.19. The number of rotatable bonds is 4. The summed E-state index contributed by atoms with van der Waals surface area (Å²) in [6, 6.07) is 0. The minimum atomic E-state index is -1.35. The van der Waals surface area contributed by atoms with Crippen LogP contribution in [-0.2, 0) is 19.1 Å². The van der Waals surface area contributed by atoms with Crippen molar-refractivity contribution in [2.24, 2.45) is 22.7 Å². The zero-order valence-corrected chi connectivity index (χ0v) is 20.1. The summed E-state index contributed by atoms with van der Waals surface area (Å²) in [7, 11) is 0. The lowest BCUT2D eigenvalue weighted by molar-refractivity contribution is -0.193. The number of thiol groups is 1. The van der Waals surface area contributed by atoms with Gasteiger partial charge >= 0.3 is 0 Å². The number of Topliss-reactive ketones (excluding diaryl/α,β-unsaturated/α-hetero) is 1. The van der Waals surface area contributed by atoms with Crippen molar-refractivity contribution in [3.63, 3.8) is 0 Å². The van der Waals surface area contributed by atoms with Crippen LogP contribution in [0.5, 0.6) is 0 Å². The summed E-state index contributed by atoms with van der Waals surface area (Å²) >= 11 is 5.35. The van der Waals surface area contributed by atoms with Crippen molar-refractivity contribution in [2.45, 2.75) is 88.1 Å². The molecule has 174 valence electrons. The predicted octanol–water partition coefficient (Wildman–Crippen LogP) is 3.96. The Morgan fingerprint density at radius 2 is 2.16 bits per heavy atom. The van der Waals surface area contributed by atoms with Crippen molar-refractivity contribution < 1.29 is 24.2 Å². The summed E-state index contributed by atoms with van der Waals surface area (Å²) in [5, 5.41) is 11.7. The van der Waals surface area contributed by atoms with Gasteiger partial charge in [-0.2, -0.15) is 12.6 Å². The fourth-order valence-corrected chi connectivity index (χ4v) is 9.13. The molecule has 0 radical (unpaired) electrons. The molecule has 5 aliphatic rings. The summed E-state index contributed by atoms with van der Waals surface area (Å²) in [5.41, 5.74) is -0.151. The zero-order chi connectivity index (χ0) is 23.1. The van der Waals surface area contributed by atoms with Crippen LogP contribution in [0.15, 0.2) is 36.0 Å². The quantitative estimate of drug-likeness (QED) is 0.379. The summed E-state index contributed by atoms with van der Waals surface area (Å²) in [4.78, 5) is 25.0. The molecule has 4 fully saturated rings. The SMILES string of the molecule is C=C1C=CC2(C)C(=C1)CCC1(S)C2C(O)CC2(C)C1CC1O[C@@H](CCC)OC12C(=O)C=O. The third kappa shape index (κ3) is 2.58. The standard InChI is InChI=1S/C26H34O5S/c1-5-6-21-30-20-12-18-24(4,26(20,31-21)19(29)14-27)13-17(28)22-23(3)9-7-15(2)11-16(23)8-10-25(18,22)32/h7,9,11,14,17-18,20-22,28,32H,2,5-6,8,10,12-13H2,1,3-4H3/t17?,18?,20?,21-,22?,23?,24?,25?,26?/m1/s1. The van der Waals surface area contributed by atoms with E-state index in [0.29, 0.717) is 25.5 Å². The van der Waals surface area contributed by atoms with Gasteiger partial charge in [-0.15, -0.1) is 0 Å². The van der Waals surface area contributed by atoms with Crippen molar-refractivity contribution in [3.8, 4) is 0 Å². The first-order valence-corrected chi connectivity index (χ1v) is 12.3. The molecule has 8 unspecified atom stereocenters. The molecule has 5 nitrogen and oxygen atoms in total. The molecule has 5 rings (SSSR count). The third-order valence-corrected chi connectivity index (χ3v) is 10.3. The van der Waals surface area contributed by atoms with E-state index in [4.69, 9.17) is 22.1 Å². The normalized spacial score (nSPS) is 51.3. The summed E-state index contributed by atoms with van der Waals surface area (Å²) < 4.78 is 12.1. The van der Waals surface area contributed by atoms with Crippen molar-refractivity contribution in [1.29, 1.82) is 0 Å². The van der Waals surface area contributed by atoms with E-state index in [1.54, 1.807) is 0 Å². The minimum absolute atomic E-state index is 0.0277. The molecule has 6 heteroatoms. The van der Waals surface area contributed by atoms with E-state index >= 15 is 0 Å². The predicted molar refractivity (Wildman–Crippen MR) is 124 cm³/mol. The van der Waals surface area contributed by atoms with Gasteiger partial charge in [-0.05, 0) is 43.6 Å². The Labute approximate surface area is 195 Å². The van der Waals surface area contributed by atoms with E-state index in [1.165, 1.54) is 5.57 Å². The molecule has 32 heavy (non-hydrogen) atoms. The number of hydrogen-bond donors (Lipinski definition) is 2. The van der Waals surface area contributed by atoms with Crippen LogP contribution in [0.3, 0.4) is 0 Å². The van der Waals surface area contributed by atoms with Crippen LogP contribution in [0.2, 0.25) is 0 Å². The monoisotopic (exact) mass is 458 g/mol. The van der Waals surface area contributed by atoms with Gasteiger partial charge in [-0.3, -0.25) is 9.59 Å². The number of aldehydes is 1. The first-order valence-electron chi connectivity index (χ1n) is 11.9. The van der Waals surface area contributed by atoms with Gasteiger partial charge in [-0.1, -0.05) is 57.6 Å². The number of hydrogen-bond acceptors (Lipinski definition) is 6. The van der Waals surface area contributed by atoms with Crippen LogP contribution >= 0.6 is 12.6 Å². The van der Waals surface area contributed by atoms with Crippen LogP contribution < -0.4 is 0 Å². The number of ketones is 1. The van der Waals surface area contributed by atoms with Crippen molar-refractivity contribution >= 4 is 24.7 Å². The molecule has 0 aromatic rings. The smallest absolute Gasteiger partial charge is 0.230 e. The molecular formula is C26H34O5S. The molecule has 0 bridgehead atoms. The first-order chi connectivity index (χ1) is 15.1. The lowest BCUT2D eigenvalue weighted by Crippen LogP contribution is -2.68. The lowest BCUT2D eigenvalue weighted by Gasteiger charge is -2.64. The highest BCUT2D eigenvalue weighted by Crippen LogP contribution is 2.72. The lowest BCUT2D eigenvalue weighted by atomic mass is 9.45. The van der Waals surface area contributed by atoms with Crippen LogP contribution in [-0.4, -0.2) is 46.0 Å². The molecule has 9 atom stereocenters. The molecule has 0 aromatic carbocycles. The largest absolute Gasteiger partial charge is 0.393 e. The van der Waals surface area contributed by atoms with Gasteiger partial charge in [0.05, 0.1) is 12.2 Å². The molecular weight excluding hydrogens is 424 g/mol. The second-order valence-corrected chi connectivity index (χ2v) is 11.8. The van der Waals surface area contributed by atoms with Crippen LogP contribution in [0.25, 0.3) is 0 Å². The Balaban J connectivity index is 1.61.